The van der Waals surface area contributed by atoms with Crippen molar-refractivity contribution in [2.24, 2.45) is 0 Å². The number of hydrogen-bond donors (Lipinski definition) is 1. The summed E-state index contributed by atoms with van der Waals surface area (Å²) in [6.45, 7) is 3.60. The molecule has 0 spiro atoms. The smallest absolute Gasteiger partial charge is 0.323 e. The quantitative estimate of drug-likeness (QED) is 0.790. The Morgan fingerprint density at radius 1 is 1.53 bits per heavy atom. The molecule has 0 radical (unpaired) electrons. The predicted molar refractivity (Wildman–Crippen MR) is 62.2 cm³/mol. The van der Waals surface area contributed by atoms with Crippen molar-refractivity contribution in [2.75, 3.05) is 20.2 Å². The van der Waals surface area contributed by atoms with Gasteiger partial charge in [0.1, 0.15) is 0 Å². The molecular weight excluding hydrogens is 246 g/mol. The van der Waals surface area contributed by atoms with Crippen LogP contribution in [0.2, 0.25) is 0 Å². The van der Waals surface area contributed by atoms with Crippen LogP contribution in [0.3, 0.4) is 0 Å². The van der Waals surface area contributed by atoms with Gasteiger partial charge in [-0.3, -0.25) is 4.79 Å². The molecule has 0 aromatic carbocycles. The van der Waals surface area contributed by atoms with Gasteiger partial charge < -0.3 is 9.84 Å². The Morgan fingerprint density at radius 2 is 2.12 bits per heavy atom. The van der Waals surface area contributed by atoms with Crippen LogP contribution in [0.4, 0.5) is 0 Å². The SMILES string of the molecule is COC1(C)CCCN(S(=O)(=O)C(C)C(=O)O)C1. The maximum absolute atomic E-state index is 12.0. The zero-order valence-corrected chi connectivity index (χ0v) is 11.2. The molecule has 1 aliphatic heterocycles. The van der Waals surface area contributed by atoms with Gasteiger partial charge in [0.15, 0.2) is 5.25 Å². The van der Waals surface area contributed by atoms with E-state index in [1.807, 2.05) is 6.92 Å². The molecule has 0 aromatic heterocycles. The van der Waals surface area contributed by atoms with E-state index in [4.69, 9.17) is 9.84 Å². The van der Waals surface area contributed by atoms with E-state index in [9.17, 15) is 13.2 Å². The van der Waals surface area contributed by atoms with Gasteiger partial charge in [-0.05, 0) is 26.7 Å². The second kappa shape index (κ2) is 4.91. The van der Waals surface area contributed by atoms with Crippen molar-refractivity contribution < 1.29 is 23.1 Å². The number of aliphatic carboxylic acids is 1. The highest BCUT2D eigenvalue weighted by Crippen LogP contribution is 2.26. The van der Waals surface area contributed by atoms with E-state index >= 15 is 0 Å². The van der Waals surface area contributed by atoms with Gasteiger partial charge in [-0.25, -0.2) is 8.42 Å². The Morgan fingerprint density at radius 3 is 2.59 bits per heavy atom. The molecule has 1 N–H and O–H groups in total. The zero-order chi connectivity index (χ0) is 13.3. The van der Waals surface area contributed by atoms with E-state index in [-0.39, 0.29) is 6.54 Å². The molecule has 2 unspecified atom stereocenters. The number of ether oxygens (including phenoxy) is 1. The molecule has 7 heteroatoms. The first-order valence-corrected chi connectivity index (χ1v) is 7.00. The number of methoxy groups -OCH3 is 1. The summed E-state index contributed by atoms with van der Waals surface area (Å²) in [6.07, 6.45) is 1.45. The Bertz CT molecular complexity index is 394. The summed E-state index contributed by atoms with van der Waals surface area (Å²) >= 11 is 0. The summed E-state index contributed by atoms with van der Waals surface area (Å²) in [6, 6.07) is 0. The molecule has 1 saturated heterocycles. The fraction of sp³-hybridized carbons (Fsp3) is 0.900. The maximum Gasteiger partial charge on any atom is 0.323 e. The van der Waals surface area contributed by atoms with E-state index in [0.29, 0.717) is 13.0 Å². The first-order valence-electron chi connectivity index (χ1n) is 5.50. The van der Waals surface area contributed by atoms with Gasteiger partial charge in [0, 0.05) is 20.2 Å². The summed E-state index contributed by atoms with van der Waals surface area (Å²) < 4.78 is 30.6. The van der Waals surface area contributed by atoms with Crippen molar-refractivity contribution in [2.45, 2.75) is 37.5 Å². The topological polar surface area (TPSA) is 83.9 Å². The average Bonchev–Trinajstić information content (AvgIpc) is 2.28. The third-order valence-electron chi connectivity index (χ3n) is 3.27. The van der Waals surface area contributed by atoms with E-state index < -0.39 is 26.8 Å². The van der Waals surface area contributed by atoms with E-state index in [1.54, 1.807) is 0 Å². The van der Waals surface area contributed by atoms with Crippen molar-refractivity contribution in [1.82, 2.24) is 4.31 Å². The number of nitrogens with zero attached hydrogens (tertiary/aromatic N) is 1. The molecule has 0 aromatic rings. The Balaban J connectivity index is 2.90. The first kappa shape index (κ1) is 14.4. The summed E-state index contributed by atoms with van der Waals surface area (Å²) in [5.74, 6) is -1.32. The number of sulfonamides is 1. The highest BCUT2D eigenvalue weighted by atomic mass is 32.2. The number of carboxylic acid groups (broad SMARTS) is 1. The largest absolute Gasteiger partial charge is 0.480 e. The van der Waals surface area contributed by atoms with Gasteiger partial charge in [-0.1, -0.05) is 0 Å². The van der Waals surface area contributed by atoms with Crippen LogP contribution in [0, 0.1) is 0 Å². The third kappa shape index (κ3) is 2.97. The van der Waals surface area contributed by atoms with Gasteiger partial charge in [-0.15, -0.1) is 0 Å². The number of hydrogen-bond acceptors (Lipinski definition) is 4. The van der Waals surface area contributed by atoms with E-state index in [0.717, 1.165) is 6.42 Å². The van der Waals surface area contributed by atoms with Crippen LogP contribution < -0.4 is 0 Å². The molecule has 0 amide bonds. The van der Waals surface area contributed by atoms with Crippen molar-refractivity contribution in [1.29, 1.82) is 0 Å². The molecule has 1 rings (SSSR count). The van der Waals surface area contributed by atoms with Gasteiger partial charge >= 0.3 is 5.97 Å². The number of piperidine rings is 1. The Kier molecular flexibility index (Phi) is 4.16. The van der Waals surface area contributed by atoms with Crippen LogP contribution in [0.25, 0.3) is 0 Å². The lowest BCUT2D eigenvalue weighted by Crippen LogP contribution is -2.52. The van der Waals surface area contributed by atoms with Crippen LogP contribution in [0.5, 0.6) is 0 Å². The molecule has 100 valence electrons. The summed E-state index contributed by atoms with van der Waals surface area (Å²) in [5.41, 5.74) is -0.524. The fourth-order valence-corrected chi connectivity index (χ4v) is 3.43. The Labute approximate surface area is 102 Å². The standard InChI is InChI=1S/C10H19NO5S/c1-8(9(12)13)17(14,15)11-6-4-5-10(2,7-11)16-3/h8H,4-7H2,1-3H3,(H,12,13). The minimum Gasteiger partial charge on any atom is -0.480 e. The second-order valence-corrected chi connectivity index (χ2v) is 6.87. The van der Waals surface area contributed by atoms with Crippen LogP contribution in [-0.4, -0.2) is 54.8 Å². The normalized spacial score (nSPS) is 28.9. The van der Waals surface area contributed by atoms with Crippen LogP contribution in [0.1, 0.15) is 26.7 Å². The fourth-order valence-electron chi connectivity index (χ4n) is 1.90. The lowest BCUT2D eigenvalue weighted by molar-refractivity contribution is -0.136. The highest BCUT2D eigenvalue weighted by Gasteiger charge is 2.40. The predicted octanol–water partition coefficient (Wildman–Crippen LogP) is 0.290. The van der Waals surface area contributed by atoms with Crippen LogP contribution in [-0.2, 0) is 19.6 Å². The van der Waals surface area contributed by atoms with Crippen molar-refractivity contribution in [3.63, 3.8) is 0 Å². The molecule has 0 saturated carbocycles. The molecule has 17 heavy (non-hydrogen) atoms. The molecule has 0 bridgehead atoms. The van der Waals surface area contributed by atoms with Crippen molar-refractivity contribution >= 4 is 16.0 Å². The lowest BCUT2D eigenvalue weighted by Gasteiger charge is -2.39. The number of carboxylic acids is 1. The molecular formula is C10H19NO5S. The maximum atomic E-state index is 12.0. The minimum atomic E-state index is -3.79. The van der Waals surface area contributed by atoms with Gasteiger partial charge in [-0.2, -0.15) is 4.31 Å². The van der Waals surface area contributed by atoms with Gasteiger partial charge in [0.2, 0.25) is 10.0 Å². The summed E-state index contributed by atoms with van der Waals surface area (Å²) in [4.78, 5) is 10.8. The van der Waals surface area contributed by atoms with Crippen LogP contribution >= 0.6 is 0 Å². The zero-order valence-electron chi connectivity index (χ0n) is 10.3. The third-order valence-corrected chi connectivity index (χ3v) is 5.40. The minimum absolute atomic E-state index is 0.212. The molecule has 1 heterocycles. The number of rotatable bonds is 4. The average molecular weight is 265 g/mol. The van der Waals surface area contributed by atoms with Crippen molar-refractivity contribution in [3.8, 4) is 0 Å². The van der Waals surface area contributed by atoms with Gasteiger partial charge in [0.05, 0.1) is 5.60 Å². The van der Waals surface area contributed by atoms with Crippen molar-refractivity contribution in [3.05, 3.63) is 0 Å². The van der Waals surface area contributed by atoms with E-state index in [1.165, 1.54) is 18.3 Å². The molecule has 1 fully saturated rings. The monoisotopic (exact) mass is 265 g/mol. The van der Waals surface area contributed by atoms with Crippen LogP contribution in [0.15, 0.2) is 0 Å². The number of carbonyl (C=O) groups is 1. The molecule has 6 nitrogen and oxygen atoms in total. The molecule has 0 aliphatic carbocycles. The first-order chi connectivity index (χ1) is 7.73. The lowest BCUT2D eigenvalue weighted by atomic mass is 9.96. The van der Waals surface area contributed by atoms with Gasteiger partial charge in [0.25, 0.3) is 0 Å². The Hall–Kier alpha value is -0.660. The second-order valence-electron chi connectivity index (χ2n) is 4.62. The summed E-state index contributed by atoms with van der Waals surface area (Å²) in [7, 11) is -2.25. The molecule has 1 aliphatic rings. The summed E-state index contributed by atoms with van der Waals surface area (Å²) in [5, 5.41) is 7.38. The van der Waals surface area contributed by atoms with E-state index in [2.05, 4.69) is 0 Å². The highest BCUT2D eigenvalue weighted by molar-refractivity contribution is 7.90. The molecule has 2 atom stereocenters.